The molecule has 312 valence electrons. The molecule has 0 atom stereocenters. The van der Waals surface area contributed by atoms with Crippen molar-refractivity contribution in [2.24, 2.45) is 0 Å². The molecule has 0 aromatic carbocycles. The van der Waals surface area contributed by atoms with Crippen molar-refractivity contribution in [2.45, 2.75) is 291 Å². The minimum absolute atomic E-state index is 0.0367. The molecule has 0 saturated heterocycles. The first kappa shape index (κ1) is 52.7. The van der Waals surface area contributed by atoms with Crippen molar-refractivity contribution >= 4 is 33.1 Å². The van der Waals surface area contributed by atoms with Gasteiger partial charge in [0, 0.05) is 11.9 Å². The molecule has 5 heteroatoms. The molecule has 0 aromatic rings. The van der Waals surface area contributed by atoms with E-state index in [9.17, 15) is 19.8 Å². The smallest absolute Gasteiger partial charge is 0.0414 e. The minimum atomic E-state index is -0.903. The summed E-state index contributed by atoms with van der Waals surface area (Å²) < 4.78 is 2.58. The van der Waals surface area contributed by atoms with E-state index in [0.717, 1.165) is 25.7 Å². The third-order valence-electron chi connectivity index (χ3n) is 11.7. The Kier molecular flexibility index (Phi) is 44.2. The first-order valence-electron chi connectivity index (χ1n) is 24.1. The standard InChI is InChI=1S/2C18H36O2.2C6H11.Sn/c2*1-2-3-4-5-6-7-8-9-10-11-12-13-14-15-16-17-18(19)20;2*1-2-4-6-5-3-1;/h2*2-17H2,1H3,(H,19,20);2*1H,2-6H2;/q;;;;+2/p-2. The van der Waals surface area contributed by atoms with Gasteiger partial charge in [-0.3, -0.25) is 0 Å². The predicted molar refractivity (Wildman–Crippen MR) is 229 cm³/mol. The van der Waals surface area contributed by atoms with E-state index in [0.29, 0.717) is 0 Å². The molecule has 0 spiro atoms. The van der Waals surface area contributed by atoms with Crippen LogP contribution in [0.3, 0.4) is 0 Å². The van der Waals surface area contributed by atoms with Crippen LogP contribution in [0.25, 0.3) is 0 Å². The third kappa shape index (κ3) is 44.3. The average molecular weight is 852 g/mol. The van der Waals surface area contributed by atoms with Crippen LogP contribution in [0.5, 0.6) is 0 Å². The van der Waals surface area contributed by atoms with Crippen LogP contribution in [0.15, 0.2) is 0 Å². The van der Waals surface area contributed by atoms with Gasteiger partial charge in [-0.1, -0.05) is 194 Å². The molecular weight excluding hydrogens is 759 g/mol. The van der Waals surface area contributed by atoms with Crippen LogP contribution >= 0.6 is 0 Å². The monoisotopic (exact) mass is 853 g/mol. The van der Waals surface area contributed by atoms with E-state index in [-0.39, 0.29) is 34.0 Å². The van der Waals surface area contributed by atoms with Gasteiger partial charge in [0.15, 0.2) is 0 Å². The number of carbonyl (C=O) groups is 2. The number of aliphatic carboxylic acids is 2. The number of carboxylic acids is 2. The first-order chi connectivity index (χ1) is 26.0. The SMILES string of the molecule is C1CC[CH]([Sn+2][CH]2CCCCC2)CC1.CCCCCCCCCCCCCCCCCC(=O)[O-].CCCCCCCCCCCCCCCCCC(=O)[O-]. The summed E-state index contributed by atoms with van der Waals surface area (Å²) in [7, 11) is 0. The predicted octanol–water partition coefficient (Wildman–Crippen LogP) is 14.2. The molecule has 0 aromatic heterocycles. The first-order valence-corrected chi connectivity index (χ1v) is 27.4. The fourth-order valence-corrected chi connectivity index (χ4v) is 14.3. The summed E-state index contributed by atoms with van der Waals surface area (Å²) in [6.07, 6.45) is 55.6. The fraction of sp³-hybridized carbons (Fsp3) is 0.958. The normalized spacial score (nSPS) is 14.8. The third-order valence-corrected chi connectivity index (χ3v) is 17.6. The largest absolute Gasteiger partial charge is 0.550 e. The van der Waals surface area contributed by atoms with Gasteiger partial charge in [0.2, 0.25) is 0 Å². The van der Waals surface area contributed by atoms with E-state index in [1.54, 1.807) is 64.2 Å². The average Bonchev–Trinajstić information content (AvgIpc) is 3.16. The van der Waals surface area contributed by atoms with Crippen molar-refractivity contribution in [2.75, 3.05) is 0 Å². The molecule has 0 heterocycles. The van der Waals surface area contributed by atoms with Crippen molar-refractivity contribution in [3.8, 4) is 0 Å². The number of rotatable bonds is 34. The topological polar surface area (TPSA) is 80.3 Å². The second-order valence-electron chi connectivity index (χ2n) is 17.0. The molecule has 0 bridgehead atoms. The second-order valence-corrected chi connectivity index (χ2v) is 22.6. The Morgan fingerprint density at radius 3 is 0.774 bits per heavy atom. The molecule has 0 amide bonds. The van der Waals surface area contributed by atoms with Crippen LogP contribution in [0.1, 0.15) is 284 Å². The summed E-state index contributed by atoms with van der Waals surface area (Å²) >= 11 is 0.0367. The van der Waals surface area contributed by atoms with E-state index < -0.39 is 11.9 Å². The van der Waals surface area contributed by atoms with Gasteiger partial charge in [-0.05, 0) is 25.7 Å². The zero-order chi connectivity index (χ0) is 38.7. The zero-order valence-electron chi connectivity index (χ0n) is 36.0. The second kappa shape index (κ2) is 44.5. The van der Waals surface area contributed by atoms with Gasteiger partial charge in [0.1, 0.15) is 0 Å². The number of hydrogen-bond acceptors (Lipinski definition) is 4. The molecule has 2 rings (SSSR count). The Morgan fingerprint density at radius 1 is 0.358 bits per heavy atom. The molecule has 0 N–H and O–H groups in total. The van der Waals surface area contributed by atoms with Crippen LogP contribution in [0, 0.1) is 0 Å². The van der Waals surface area contributed by atoms with E-state index >= 15 is 0 Å². The van der Waals surface area contributed by atoms with Gasteiger partial charge in [-0.2, -0.15) is 0 Å². The van der Waals surface area contributed by atoms with Crippen LogP contribution in [0.4, 0.5) is 0 Å². The fourth-order valence-electron chi connectivity index (χ4n) is 8.15. The van der Waals surface area contributed by atoms with Crippen molar-refractivity contribution in [1.82, 2.24) is 0 Å². The number of carboxylic acid groups (broad SMARTS) is 2. The summed E-state index contributed by atoms with van der Waals surface area (Å²) in [5.41, 5.74) is 0. The molecule has 2 aliphatic rings. The van der Waals surface area contributed by atoms with Crippen molar-refractivity contribution in [3.63, 3.8) is 0 Å². The van der Waals surface area contributed by atoms with Crippen LogP contribution in [-0.2, 0) is 9.59 Å². The Labute approximate surface area is 342 Å². The maximum Gasteiger partial charge on any atom is 0.0414 e. The molecule has 53 heavy (non-hydrogen) atoms. The maximum atomic E-state index is 10.2. The quantitative estimate of drug-likeness (QED) is 0.0477. The van der Waals surface area contributed by atoms with Crippen molar-refractivity contribution in [3.05, 3.63) is 0 Å². The molecule has 0 aliphatic heterocycles. The molecule has 2 fully saturated rings. The van der Waals surface area contributed by atoms with Gasteiger partial charge >= 0.3 is 93.2 Å². The summed E-state index contributed by atoms with van der Waals surface area (Å²) in [6.45, 7) is 4.53. The summed E-state index contributed by atoms with van der Waals surface area (Å²) in [4.78, 5) is 20.4. The molecule has 0 radical (unpaired) electrons. The van der Waals surface area contributed by atoms with Gasteiger partial charge in [0.25, 0.3) is 0 Å². The van der Waals surface area contributed by atoms with E-state index in [1.165, 1.54) is 175 Å². The summed E-state index contributed by atoms with van der Waals surface area (Å²) in [6, 6.07) is 0. The Bertz CT molecular complexity index is 671. The molecule has 2 aliphatic carbocycles. The van der Waals surface area contributed by atoms with Crippen LogP contribution < -0.4 is 10.2 Å². The summed E-state index contributed by atoms with van der Waals surface area (Å²) in [5.74, 6) is -1.81. The Morgan fingerprint density at radius 2 is 0.566 bits per heavy atom. The Balaban J connectivity index is 0.000000781. The number of carbonyl (C=O) groups excluding carboxylic acids is 2. The molecular formula is C48H92O4Sn. The van der Waals surface area contributed by atoms with Gasteiger partial charge in [-0.25, -0.2) is 0 Å². The van der Waals surface area contributed by atoms with Crippen LogP contribution in [-0.4, -0.2) is 33.1 Å². The molecule has 4 nitrogen and oxygen atoms in total. The minimum Gasteiger partial charge on any atom is -0.550 e. The zero-order valence-corrected chi connectivity index (χ0v) is 38.8. The van der Waals surface area contributed by atoms with E-state index in [1.807, 2.05) is 0 Å². The molecule has 0 unspecified atom stereocenters. The summed E-state index contributed by atoms with van der Waals surface area (Å²) in [5, 5.41) is 20.4. The number of unbranched alkanes of at least 4 members (excludes halogenated alkanes) is 28. The Hall–Kier alpha value is -0.261. The van der Waals surface area contributed by atoms with Crippen LogP contribution in [0.2, 0.25) is 7.87 Å². The van der Waals surface area contributed by atoms with E-state index in [4.69, 9.17) is 0 Å². The van der Waals surface area contributed by atoms with Gasteiger partial charge in [-0.15, -0.1) is 0 Å². The molecule has 2 saturated carbocycles. The maximum absolute atomic E-state index is 10.2. The number of hydrogen-bond donors (Lipinski definition) is 0. The van der Waals surface area contributed by atoms with E-state index in [2.05, 4.69) is 13.8 Å². The van der Waals surface area contributed by atoms with Gasteiger partial charge in [0.05, 0.1) is 0 Å². The van der Waals surface area contributed by atoms with Crippen molar-refractivity contribution in [1.29, 1.82) is 0 Å². The van der Waals surface area contributed by atoms with Gasteiger partial charge < -0.3 is 19.8 Å². The van der Waals surface area contributed by atoms with Crippen molar-refractivity contribution < 1.29 is 19.8 Å².